The van der Waals surface area contributed by atoms with Crippen molar-refractivity contribution in [2.75, 3.05) is 37.6 Å². The molecule has 2 amide bonds. The van der Waals surface area contributed by atoms with Crippen LogP contribution in [-0.2, 0) is 10.5 Å². The van der Waals surface area contributed by atoms with Gasteiger partial charge in [0, 0.05) is 48.8 Å². The summed E-state index contributed by atoms with van der Waals surface area (Å²) in [6, 6.07) is 17.3. The van der Waals surface area contributed by atoms with Crippen LogP contribution in [0.5, 0.6) is 0 Å². The Morgan fingerprint density at radius 3 is 2.41 bits per heavy atom. The molecule has 2 aromatic carbocycles. The molecule has 4 rings (SSSR count). The number of pyridine rings is 1. The fourth-order valence-electron chi connectivity index (χ4n) is 3.64. The maximum atomic E-state index is 13.1. The van der Waals surface area contributed by atoms with E-state index in [0.29, 0.717) is 47.5 Å². The molecule has 1 aromatic heterocycles. The van der Waals surface area contributed by atoms with Gasteiger partial charge in [0.05, 0.1) is 12.1 Å². The molecule has 0 unspecified atom stereocenters. The van der Waals surface area contributed by atoms with Gasteiger partial charge in [-0.25, -0.2) is 9.37 Å². The molecular weight excluding hydrogens is 475 g/mol. The number of carbonyl (C=O) groups is 2. The zero-order valence-corrected chi connectivity index (χ0v) is 20.0. The van der Waals surface area contributed by atoms with E-state index in [-0.39, 0.29) is 24.2 Å². The van der Waals surface area contributed by atoms with E-state index in [1.165, 1.54) is 23.9 Å². The molecule has 9 heteroatoms. The van der Waals surface area contributed by atoms with Gasteiger partial charge in [-0.05, 0) is 54.1 Å². The second kappa shape index (κ2) is 11.4. The number of benzene rings is 2. The highest BCUT2D eigenvalue weighted by atomic mass is 35.5. The number of nitrogens with zero attached hydrogens (tertiary/aromatic N) is 3. The molecule has 0 bridgehead atoms. The van der Waals surface area contributed by atoms with Gasteiger partial charge >= 0.3 is 0 Å². The molecule has 1 saturated heterocycles. The fourth-order valence-corrected chi connectivity index (χ4v) is 4.71. The molecule has 0 radical (unpaired) electrons. The van der Waals surface area contributed by atoms with Gasteiger partial charge < -0.3 is 15.1 Å². The summed E-state index contributed by atoms with van der Waals surface area (Å²) in [6.07, 6.45) is 1.62. The average molecular weight is 499 g/mol. The molecule has 0 atom stereocenters. The van der Waals surface area contributed by atoms with Crippen molar-refractivity contribution in [1.82, 2.24) is 15.2 Å². The summed E-state index contributed by atoms with van der Waals surface area (Å²) in [4.78, 5) is 33.7. The first-order valence-electron chi connectivity index (χ1n) is 10.9. The van der Waals surface area contributed by atoms with Crippen LogP contribution >= 0.6 is 23.4 Å². The first-order valence-corrected chi connectivity index (χ1v) is 12.2. The van der Waals surface area contributed by atoms with E-state index in [1.807, 2.05) is 24.3 Å². The van der Waals surface area contributed by atoms with E-state index in [4.69, 9.17) is 11.6 Å². The maximum Gasteiger partial charge on any atom is 0.254 e. The Kier molecular flexibility index (Phi) is 8.03. The number of halogens is 2. The molecule has 176 valence electrons. The number of aromatic nitrogens is 1. The molecule has 1 aliphatic heterocycles. The number of piperazine rings is 1. The standard InChI is InChI=1S/C25H24ClFN4O2S/c26-19-5-9-21(10-6-19)30-12-14-31(15-13-30)23(32)16-29-24(33)22-2-1-11-28-25(22)34-17-18-3-7-20(27)8-4-18/h1-11H,12-17H2,(H,29,33). The average Bonchev–Trinajstić information content (AvgIpc) is 2.87. The first-order chi connectivity index (χ1) is 16.5. The molecule has 0 saturated carbocycles. The Morgan fingerprint density at radius 1 is 1.00 bits per heavy atom. The van der Waals surface area contributed by atoms with E-state index in [0.717, 1.165) is 11.3 Å². The highest BCUT2D eigenvalue weighted by molar-refractivity contribution is 7.98. The van der Waals surface area contributed by atoms with Crippen molar-refractivity contribution in [1.29, 1.82) is 0 Å². The zero-order chi connectivity index (χ0) is 23.9. The minimum Gasteiger partial charge on any atom is -0.368 e. The molecule has 6 nitrogen and oxygen atoms in total. The topological polar surface area (TPSA) is 65.5 Å². The Labute approximate surface area is 207 Å². The highest BCUT2D eigenvalue weighted by Crippen LogP contribution is 2.24. The number of hydrogen-bond acceptors (Lipinski definition) is 5. The Hall–Kier alpha value is -3.10. The molecule has 1 fully saturated rings. The van der Waals surface area contributed by atoms with Crippen LogP contribution in [0.3, 0.4) is 0 Å². The summed E-state index contributed by atoms with van der Waals surface area (Å²) in [5, 5.41) is 3.99. The van der Waals surface area contributed by atoms with Crippen molar-refractivity contribution >= 4 is 40.9 Å². The van der Waals surface area contributed by atoms with E-state index in [2.05, 4.69) is 15.2 Å². The van der Waals surface area contributed by atoms with Crippen molar-refractivity contribution in [3.8, 4) is 0 Å². The van der Waals surface area contributed by atoms with Gasteiger partial charge in [-0.1, -0.05) is 23.7 Å². The molecule has 1 N–H and O–H groups in total. The van der Waals surface area contributed by atoms with Crippen LogP contribution in [0.4, 0.5) is 10.1 Å². The van der Waals surface area contributed by atoms with E-state index in [9.17, 15) is 14.0 Å². The summed E-state index contributed by atoms with van der Waals surface area (Å²) in [7, 11) is 0. The van der Waals surface area contributed by atoms with E-state index in [1.54, 1.807) is 35.4 Å². The summed E-state index contributed by atoms with van der Waals surface area (Å²) in [6.45, 7) is 2.53. The lowest BCUT2D eigenvalue weighted by molar-refractivity contribution is -0.130. The second-order valence-electron chi connectivity index (χ2n) is 7.80. The lowest BCUT2D eigenvalue weighted by atomic mass is 10.2. The lowest BCUT2D eigenvalue weighted by Gasteiger charge is -2.36. The summed E-state index contributed by atoms with van der Waals surface area (Å²) in [5.74, 6) is -0.201. The van der Waals surface area contributed by atoms with Crippen molar-refractivity contribution in [2.24, 2.45) is 0 Å². The monoisotopic (exact) mass is 498 g/mol. The Morgan fingerprint density at radius 2 is 1.71 bits per heavy atom. The number of nitrogens with one attached hydrogen (secondary N) is 1. The van der Waals surface area contributed by atoms with Gasteiger partial charge in [-0.2, -0.15) is 0 Å². The number of hydrogen-bond donors (Lipinski definition) is 1. The molecule has 3 aromatic rings. The van der Waals surface area contributed by atoms with Crippen molar-refractivity contribution in [3.05, 3.63) is 88.8 Å². The minimum atomic E-state index is -0.345. The fraction of sp³-hybridized carbons (Fsp3) is 0.240. The number of rotatable bonds is 7. The third-order valence-corrected chi connectivity index (χ3v) is 6.86. The third kappa shape index (κ3) is 6.27. The summed E-state index contributed by atoms with van der Waals surface area (Å²) < 4.78 is 13.1. The smallest absolute Gasteiger partial charge is 0.254 e. The molecule has 0 aliphatic carbocycles. The van der Waals surface area contributed by atoms with Crippen LogP contribution < -0.4 is 10.2 Å². The largest absolute Gasteiger partial charge is 0.368 e. The van der Waals surface area contributed by atoms with Gasteiger partial charge in [-0.3, -0.25) is 9.59 Å². The molecule has 2 heterocycles. The lowest BCUT2D eigenvalue weighted by Crippen LogP contribution is -2.51. The number of thioether (sulfide) groups is 1. The van der Waals surface area contributed by atoms with Crippen LogP contribution in [0.25, 0.3) is 0 Å². The maximum absolute atomic E-state index is 13.1. The number of carbonyl (C=O) groups excluding carboxylic acids is 2. The van der Waals surface area contributed by atoms with Crippen LogP contribution in [-0.4, -0.2) is 54.4 Å². The third-order valence-electron chi connectivity index (χ3n) is 5.53. The normalized spacial score (nSPS) is 13.6. The SMILES string of the molecule is O=C(NCC(=O)N1CCN(c2ccc(Cl)cc2)CC1)c1cccnc1SCc1ccc(F)cc1. The highest BCUT2D eigenvalue weighted by Gasteiger charge is 2.22. The zero-order valence-electron chi connectivity index (χ0n) is 18.4. The van der Waals surface area contributed by atoms with Gasteiger partial charge in [0.1, 0.15) is 10.8 Å². The predicted octanol–water partition coefficient (Wildman–Crippen LogP) is 4.25. The quantitative estimate of drug-likeness (QED) is 0.493. The van der Waals surface area contributed by atoms with Gasteiger partial charge in [0.2, 0.25) is 5.91 Å². The Balaban J connectivity index is 1.28. The van der Waals surface area contributed by atoms with Gasteiger partial charge in [-0.15, -0.1) is 11.8 Å². The van der Waals surface area contributed by atoms with Crippen molar-refractivity contribution < 1.29 is 14.0 Å². The van der Waals surface area contributed by atoms with Crippen LogP contribution in [0.2, 0.25) is 5.02 Å². The first kappa shape index (κ1) is 24.0. The van der Waals surface area contributed by atoms with Crippen LogP contribution in [0.15, 0.2) is 71.9 Å². The molecule has 0 spiro atoms. The summed E-state index contributed by atoms with van der Waals surface area (Å²) >= 11 is 7.35. The van der Waals surface area contributed by atoms with E-state index >= 15 is 0 Å². The molecule has 34 heavy (non-hydrogen) atoms. The van der Waals surface area contributed by atoms with Gasteiger partial charge in [0.25, 0.3) is 5.91 Å². The number of anilines is 1. The molecular formula is C25H24ClFN4O2S. The van der Waals surface area contributed by atoms with E-state index < -0.39 is 0 Å². The van der Waals surface area contributed by atoms with Crippen LogP contribution in [0.1, 0.15) is 15.9 Å². The van der Waals surface area contributed by atoms with Gasteiger partial charge in [0.15, 0.2) is 0 Å². The van der Waals surface area contributed by atoms with Crippen molar-refractivity contribution in [2.45, 2.75) is 10.8 Å². The minimum absolute atomic E-state index is 0.0727. The number of amides is 2. The summed E-state index contributed by atoms with van der Waals surface area (Å²) in [5.41, 5.74) is 2.42. The van der Waals surface area contributed by atoms with Crippen LogP contribution in [0, 0.1) is 5.82 Å². The van der Waals surface area contributed by atoms with Crippen molar-refractivity contribution in [3.63, 3.8) is 0 Å². The second-order valence-corrected chi connectivity index (χ2v) is 9.20. The Bertz CT molecular complexity index is 1140. The molecule has 1 aliphatic rings. The predicted molar refractivity (Wildman–Crippen MR) is 133 cm³/mol.